The fraction of sp³-hybridized carbons (Fsp3) is 0.406. The Hall–Kier alpha value is -3.51. The summed E-state index contributed by atoms with van der Waals surface area (Å²) in [6.45, 7) is 10.7. The van der Waals surface area contributed by atoms with E-state index in [1.165, 1.54) is 0 Å². The number of carbonyl (C=O) groups is 1. The van der Waals surface area contributed by atoms with Crippen LogP contribution in [0.15, 0.2) is 66.7 Å². The topological polar surface area (TPSA) is 56.8 Å². The molecule has 0 aliphatic carbocycles. The van der Waals surface area contributed by atoms with Crippen molar-refractivity contribution < 1.29 is 9.53 Å². The van der Waals surface area contributed by atoms with Gasteiger partial charge in [-0.15, -0.1) is 0 Å². The monoisotopic (exact) mass is 514 g/mol. The fourth-order valence-electron chi connectivity index (χ4n) is 4.97. The second-order valence-electron chi connectivity index (χ2n) is 10.1. The molecule has 1 aliphatic heterocycles. The van der Waals surface area contributed by atoms with E-state index in [9.17, 15) is 4.79 Å². The highest BCUT2D eigenvalue weighted by atomic mass is 16.5. The van der Waals surface area contributed by atoms with Gasteiger partial charge < -0.3 is 25.2 Å². The van der Waals surface area contributed by atoms with Gasteiger partial charge in [0.05, 0.1) is 18.0 Å². The quantitative estimate of drug-likeness (QED) is 0.277. The lowest BCUT2D eigenvalue weighted by molar-refractivity contribution is 0.0986. The van der Waals surface area contributed by atoms with Crippen LogP contribution in [0.5, 0.6) is 5.75 Å². The van der Waals surface area contributed by atoms with E-state index in [1.807, 2.05) is 47.4 Å². The predicted octanol–water partition coefficient (Wildman–Crippen LogP) is 6.75. The highest BCUT2D eigenvalue weighted by Crippen LogP contribution is 2.35. The van der Waals surface area contributed by atoms with Crippen LogP contribution in [-0.2, 0) is 0 Å². The van der Waals surface area contributed by atoms with Crippen molar-refractivity contribution in [2.24, 2.45) is 0 Å². The maximum absolute atomic E-state index is 13.9. The molecule has 1 atom stereocenters. The van der Waals surface area contributed by atoms with Crippen LogP contribution in [0.3, 0.4) is 0 Å². The Morgan fingerprint density at radius 2 is 1.87 bits per heavy atom. The third-order valence-corrected chi connectivity index (χ3v) is 6.98. The lowest BCUT2D eigenvalue weighted by Crippen LogP contribution is -2.32. The Kier molecular flexibility index (Phi) is 9.66. The lowest BCUT2D eigenvalue weighted by atomic mass is 10.0. The Morgan fingerprint density at radius 3 is 2.63 bits per heavy atom. The Bertz CT molecular complexity index is 1190. The minimum atomic E-state index is -0.00470. The average Bonchev–Trinajstić information content (AvgIpc) is 3.09. The van der Waals surface area contributed by atoms with E-state index in [4.69, 9.17) is 4.74 Å². The molecule has 0 radical (unpaired) electrons. The highest BCUT2D eigenvalue weighted by molar-refractivity contribution is 6.08. The minimum absolute atomic E-state index is 0.00470. The van der Waals surface area contributed by atoms with Gasteiger partial charge >= 0.3 is 0 Å². The summed E-state index contributed by atoms with van der Waals surface area (Å²) in [5, 5.41) is 6.89. The van der Waals surface area contributed by atoms with E-state index < -0.39 is 0 Å². The highest BCUT2D eigenvalue weighted by Gasteiger charge is 2.25. The summed E-state index contributed by atoms with van der Waals surface area (Å²) in [5.74, 6) is 0.745. The predicted molar refractivity (Wildman–Crippen MR) is 160 cm³/mol. The zero-order chi connectivity index (χ0) is 26.9. The molecule has 1 heterocycles. The first-order valence-corrected chi connectivity index (χ1v) is 14.0. The number of para-hydroxylation sites is 2. The van der Waals surface area contributed by atoms with Crippen LogP contribution in [-0.4, -0.2) is 56.7 Å². The summed E-state index contributed by atoms with van der Waals surface area (Å²) in [7, 11) is 2.15. The van der Waals surface area contributed by atoms with Crippen molar-refractivity contribution in [2.75, 3.05) is 55.4 Å². The van der Waals surface area contributed by atoms with Crippen LogP contribution in [0.2, 0.25) is 0 Å². The molecule has 0 saturated heterocycles. The average molecular weight is 515 g/mol. The number of amides is 1. The number of nitrogens with zero attached hydrogens (tertiary/aromatic N) is 2. The maximum Gasteiger partial charge on any atom is 0.258 e. The number of rotatable bonds is 11. The van der Waals surface area contributed by atoms with E-state index in [0.717, 1.165) is 72.8 Å². The molecular weight excluding hydrogens is 472 g/mol. The molecule has 3 aromatic rings. The zero-order valence-electron chi connectivity index (χ0n) is 23.3. The molecule has 6 heteroatoms. The molecule has 1 amide bonds. The van der Waals surface area contributed by atoms with Crippen molar-refractivity contribution >= 4 is 23.0 Å². The molecule has 1 aliphatic rings. The van der Waals surface area contributed by atoms with Gasteiger partial charge in [-0.25, -0.2) is 0 Å². The summed E-state index contributed by atoms with van der Waals surface area (Å²) in [4.78, 5) is 18.1. The number of ether oxygens (including phenoxy) is 1. The Labute approximate surface area is 228 Å². The molecule has 6 nitrogen and oxygen atoms in total. The van der Waals surface area contributed by atoms with E-state index in [-0.39, 0.29) is 5.91 Å². The largest absolute Gasteiger partial charge is 0.493 e. The number of carbonyl (C=O) groups excluding carboxylic acids is 1. The van der Waals surface area contributed by atoms with Crippen molar-refractivity contribution in [3.63, 3.8) is 0 Å². The molecule has 4 rings (SSSR count). The van der Waals surface area contributed by atoms with Crippen LogP contribution in [0.25, 0.3) is 11.1 Å². The minimum Gasteiger partial charge on any atom is -0.493 e. The van der Waals surface area contributed by atoms with Crippen LogP contribution in [0.4, 0.5) is 17.1 Å². The first-order valence-electron chi connectivity index (χ1n) is 14.0. The smallest absolute Gasteiger partial charge is 0.258 e. The molecule has 0 unspecified atom stereocenters. The van der Waals surface area contributed by atoms with Crippen molar-refractivity contribution in [3.8, 4) is 16.9 Å². The maximum atomic E-state index is 13.9. The van der Waals surface area contributed by atoms with Crippen LogP contribution in [0, 0.1) is 0 Å². The number of nitrogens with one attached hydrogen (secondary N) is 2. The van der Waals surface area contributed by atoms with E-state index >= 15 is 0 Å². The number of hydrogen-bond acceptors (Lipinski definition) is 5. The summed E-state index contributed by atoms with van der Waals surface area (Å²) in [6, 6.07) is 22.6. The number of benzene rings is 3. The van der Waals surface area contributed by atoms with Crippen molar-refractivity contribution in [3.05, 3.63) is 72.3 Å². The third kappa shape index (κ3) is 6.87. The van der Waals surface area contributed by atoms with Crippen molar-refractivity contribution in [1.82, 2.24) is 4.90 Å². The summed E-state index contributed by atoms with van der Waals surface area (Å²) in [6.07, 6.45) is 2.95. The van der Waals surface area contributed by atoms with Gasteiger partial charge in [-0.3, -0.25) is 4.79 Å². The zero-order valence-corrected chi connectivity index (χ0v) is 23.3. The van der Waals surface area contributed by atoms with Gasteiger partial charge in [-0.2, -0.15) is 0 Å². The molecular formula is C32H42N4O2. The fourth-order valence-corrected chi connectivity index (χ4v) is 4.97. The second-order valence-corrected chi connectivity index (χ2v) is 10.1. The van der Waals surface area contributed by atoms with Gasteiger partial charge in [0.1, 0.15) is 5.75 Å². The van der Waals surface area contributed by atoms with E-state index in [1.54, 1.807) is 0 Å². The molecule has 0 aromatic heterocycles. The Balaban J connectivity index is 1.61. The Morgan fingerprint density at radius 1 is 1.08 bits per heavy atom. The van der Waals surface area contributed by atoms with Crippen LogP contribution in [0.1, 0.15) is 50.4 Å². The summed E-state index contributed by atoms with van der Waals surface area (Å²) in [5.41, 5.74) is 5.72. The third-order valence-electron chi connectivity index (χ3n) is 6.98. The molecule has 0 spiro atoms. The van der Waals surface area contributed by atoms with Gasteiger partial charge in [-0.1, -0.05) is 31.2 Å². The van der Waals surface area contributed by atoms with Gasteiger partial charge in [0.25, 0.3) is 5.91 Å². The molecule has 202 valence electrons. The molecule has 0 saturated carbocycles. The molecule has 0 fully saturated rings. The number of fused-ring (bicyclic) bond motifs is 1. The normalized spacial score (nSPS) is 15.0. The molecule has 0 bridgehead atoms. The lowest BCUT2D eigenvalue weighted by Gasteiger charge is -2.23. The molecule has 2 N–H and O–H groups in total. The van der Waals surface area contributed by atoms with Gasteiger partial charge in [0.2, 0.25) is 0 Å². The molecule has 3 aromatic carbocycles. The first kappa shape index (κ1) is 27.5. The second kappa shape index (κ2) is 13.3. The van der Waals surface area contributed by atoms with E-state index in [2.05, 4.69) is 67.6 Å². The van der Waals surface area contributed by atoms with Crippen LogP contribution < -0.4 is 20.3 Å². The van der Waals surface area contributed by atoms with Gasteiger partial charge in [0, 0.05) is 42.5 Å². The van der Waals surface area contributed by atoms with E-state index in [0.29, 0.717) is 24.8 Å². The van der Waals surface area contributed by atoms with Crippen molar-refractivity contribution in [1.29, 1.82) is 0 Å². The van der Waals surface area contributed by atoms with Gasteiger partial charge in [0.15, 0.2) is 0 Å². The van der Waals surface area contributed by atoms with Gasteiger partial charge in [-0.05, 0) is 94.7 Å². The SMILES string of the molecule is CCCN(C)CCCOc1cc(C(=O)N2CC[C@H](C)Nc3ccccc32)ccc1-c1ccc(NCC)cc1. The van der Waals surface area contributed by atoms with Crippen LogP contribution >= 0.6 is 0 Å². The summed E-state index contributed by atoms with van der Waals surface area (Å²) >= 11 is 0. The first-order chi connectivity index (χ1) is 18.5. The summed E-state index contributed by atoms with van der Waals surface area (Å²) < 4.78 is 6.36. The number of anilines is 3. The standard InChI is InChI=1S/C32H42N4O2/c1-5-19-35(4)20-9-22-38-31-23-26(14-17-28(31)25-12-15-27(16-13-25)33-6-2)32(37)36-21-18-24(3)34-29-10-7-8-11-30(29)36/h7-8,10-17,23-24,33-34H,5-6,9,18-22H2,1-4H3/t24-/m0/s1. The van der Waals surface area contributed by atoms with Crippen molar-refractivity contribution in [2.45, 2.75) is 46.1 Å². The number of hydrogen-bond donors (Lipinski definition) is 2. The molecule has 38 heavy (non-hydrogen) atoms.